The van der Waals surface area contributed by atoms with Crippen molar-refractivity contribution in [2.24, 2.45) is 40.9 Å². The van der Waals surface area contributed by atoms with Crippen LogP contribution in [0.25, 0.3) is 0 Å². The van der Waals surface area contributed by atoms with Crippen molar-refractivity contribution in [2.75, 3.05) is 6.61 Å². The van der Waals surface area contributed by atoms with Crippen molar-refractivity contribution in [2.45, 2.75) is 72.6 Å². The number of allylic oxidation sites excluding steroid dienone is 2. The average molecular weight is 361 g/mol. The van der Waals surface area contributed by atoms with Gasteiger partial charge in [-0.2, -0.15) is 0 Å². The molecule has 2 saturated carbocycles. The van der Waals surface area contributed by atoms with Crippen LogP contribution in [-0.2, 0) is 9.59 Å². The fourth-order valence-corrected chi connectivity index (χ4v) is 6.98. The van der Waals surface area contributed by atoms with Crippen molar-refractivity contribution in [3.63, 3.8) is 0 Å². The Hall–Kier alpha value is -0.960. The van der Waals surface area contributed by atoms with Gasteiger partial charge < -0.3 is 5.11 Å². The Kier molecular flexibility index (Phi) is 5.77. The van der Waals surface area contributed by atoms with Gasteiger partial charge in [0.05, 0.1) is 0 Å². The third-order valence-electron chi connectivity index (χ3n) is 8.19. The summed E-state index contributed by atoms with van der Waals surface area (Å²) in [6, 6.07) is 0. The molecular weight excluding hydrogens is 324 g/mol. The van der Waals surface area contributed by atoms with Gasteiger partial charge in [0.1, 0.15) is 6.61 Å². The molecule has 0 radical (unpaired) electrons. The summed E-state index contributed by atoms with van der Waals surface area (Å²) < 4.78 is 0. The van der Waals surface area contributed by atoms with Gasteiger partial charge >= 0.3 is 0 Å². The number of hydrogen-bond acceptors (Lipinski definition) is 3. The van der Waals surface area contributed by atoms with Crippen LogP contribution in [0.2, 0.25) is 0 Å². The minimum atomic E-state index is -0.314. The highest BCUT2D eigenvalue weighted by Gasteiger charge is 2.58. The zero-order valence-electron chi connectivity index (χ0n) is 17.0. The number of aliphatic hydroxyl groups excluding tert-OH is 1. The molecule has 7 atom stereocenters. The van der Waals surface area contributed by atoms with Gasteiger partial charge in [0, 0.05) is 12.3 Å². The maximum atomic E-state index is 12.5. The van der Waals surface area contributed by atoms with E-state index in [-0.39, 0.29) is 29.5 Å². The lowest BCUT2D eigenvalue weighted by Crippen LogP contribution is -2.45. The first-order chi connectivity index (χ1) is 12.3. The van der Waals surface area contributed by atoms with Gasteiger partial charge in [0.15, 0.2) is 11.6 Å². The second-order valence-electron chi connectivity index (χ2n) is 9.81. The summed E-state index contributed by atoms with van der Waals surface area (Å²) in [5.41, 5.74) is 1.25. The van der Waals surface area contributed by atoms with Gasteiger partial charge in [-0.25, -0.2) is 0 Å². The molecule has 0 aliphatic heterocycles. The van der Waals surface area contributed by atoms with E-state index in [4.69, 9.17) is 0 Å². The van der Waals surface area contributed by atoms with Crippen LogP contribution >= 0.6 is 0 Å². The van der Waals surface area contributed by atoms with Crippen molar-refractivity contribution in [1.29, 1.82) is 0 Å². The number of carbonyl (C=O) groups is 2. The third-order valence-corrected chi connectivity index (χ3v) is 8.19. The summed E-state index contributed by atoms with van der Waals surface area (Å²) in [6.45, 7) is 8.65. The van der Waals surface area contributed by atoms with Crippen LogP contribution in [0.5, 0.6) is 0 Å². The van der Waals surface area contributed by atoms with E-state index in [1.54, 1.807) is 0 Å². The molecule has 3 rings (SSSR count). The zero-order valence-corrected chi connectivity index (χ0v) is 17.0. The van der Waals surface area contributed by atoms with Gasteiger partial charge in [-0.15, -0.1) is 0 Å². The Labute approximate surface area is 158 Å². The highest BCUT2D eigenvalue weighted by molar-refractivity contribution is 5.90. The summed E-state index contributed by atoms with van der Waals surface area (Å²) in [7, 11) is 0. The molecule has 3 heteroatoms. The Morgan fingerprint density at radius 2 is 1.88 bits per heavy atom. The third kappa shape index (κ3) is 3.44. The molecule has 3 nitrogen and oxygen atoms in total. The number of hydrogen-bond donors (Lipinski definition) is 1. The second-order valence-corrected chi connectivity index (χ2v) is 9.81. The standard InChI is InChI=1S/C23H36O3/c1-14-5-8-19-18(15(2)6-7-17(25)11-14)9-10-23(4)20(19)12-16(3)22(23)21(26)13-24/h11,15-16,18-20,22,24H,5-10,12-13H2,1-4H3/b14-11+/t15?,16?,18-,19?,20+,22?,23?/m1/s1. The van der Waals surface area contributed by atoms with E-state index in [1.807, 2.05) is 6.08 Å². The summed E-state index contributed by atoms with van der Waals surface area (Å²) in [5.74, 6) is 3.17. The van der Waals surface area contributed by atoms with E-state index < -0.39 is 0 Å². The zero-order chi connectivity index (χ0) is 19.1. The van der Waals surface area contributed by atoms with Crippen LogP contribution in [-0.4, -0.2) is 23.3 Å². The van der Waals surface area contributed by atoms with E-state index in [0.717, 1.165) is 38.5 Å². The molecule has 0 saturated heterocycles. The monoisotopic (exact) mass is 360 g/mol. The maximum Gasteiger partial charge on any atom is 0.162 e. The van der Waals surface area contributed by atoms with Gasteiger partial charge in [-0.05, 0) is 86.5 Å². The Balaban J connectivity index is 1.91. The Bertz CT molecular complexity index is 592. The van der Waals surface area contributed by atoms with Gasteiger partial charge in [-0.1, -0.05) is 26.3 Å². The molecule has 26 heavy (non-hydrogen) atoms. The van der Waals surface area contributed by atoms with Gasteiger partial charge in [-0.3, -0.25) is 9.59 Å². The summed E-state index contributed by atoms with van der Waals surface area (Å²) in [5, 5.41) is 9.51. The second kappa shape index (κ2) is 7.58. The van der Waals surface area contributed by atoms with Crippen LogP contribution in [0.4, 0.5) is 0 Å². The lowest BCUT2D eigenvalue weighted by Gasteiger charge is -2.50. The minimum absolute atomic E-state index is 0.0161. The molecule has 5 unspecified atom stereocenters. The fourth-order valence-electron chi connectivity index (χ4n) is 6.98. The van der Waals surface area contributed by atoms with Gasteiger partial charge in [0.2, 0.25) is 0 Å². The number of fused-ring (bicyclic) bond motifs is 3. The molecule has 0 bridgehead atoms. The van der Waals surface area contributed by atoms with Crippen molar-refractivity contribution in [3.8, 4) is 0 Å². The molecule has 0 heterocycles. The summed E-state index contributed by atoms with van der Waals surface area (Å²) in [4.78, 5) is 24.6. The highest BCUT2D eigenvalue weighted by Crippen LogP contribution is 2.63. The Morgan fingerprint density at radius 1 is 1.15 bits per heavy atom. The van der Waals surface area contributed by atoms with Crippen molar-refractivity contribution >= 4 is 11.6 Å². The van der Waals surface area contributed by atoms with E-state index in [2.05, 4.69) is 27.7 Å². The number of carbonyl (C=O) groups excluding carboxylic acids is 2. The highest BCUT2D eigenvalue weighted by atomic mass is 16.3. The van der Waals surface area contributed by atoms with Crippen LogP contribution < -0.4 is 0 Å². The van der Waals surface area contributed by atoms with Crippen LogP contribution in [0.1, 0.15) is 72.6 Å². The van der Waals surface area contributed by atoms with Gasteiger partial charge in [0.25, 0.3) is 0 Å². The van der Waals surface area contributed by atoms with E-state index >= 15 is 0 Å². The summed E-state index contributed by atoms with van der Waals surface area (Å²) >= 11 is 0. The average Bonchev–Trinajstić information content (AvgIpc) is 2.86. The number of Topliss-reactive ketones (excluding diaryl/α,β-unsaturated/α-hetero) is 1. The van der Waals surface area contributed by atoms with Crippen LogP contribution in [0.15, 0.2) is 11.6 Å². The largest absolute Gasteiger partial charge is 0.389 e. The maximum absolute atomic E-state index is 12.5. The molecule has 0 aromatic rings. The molecule has 146 valence electrons. The predicted octanol–water partition coefficient (Wildman–Crippen LogP) is 4.58. The number of rotatable bonds is 2. The van der Waals surface area contributed by atoms with Crippen LogP contribution in [0.3, 0.4) is 0 Å². The van der Waals surface area contributed by atoms with E-state index in [9.17, 15) is 14.7 Å². The molecule has 3 aliphatic rings. The molecule has 0 aromatic heterocycles. The first-order valence-electron chi connectivity index (χ1n) is 10.6. The lowest BCUT2D eigenvalue weighted by atomic mass is 9.54. The molecule has 1 N–H and O–H groups in total. The van der Waals surface area contributed by atoms with Crippen molar-refractivity contribution < 1.29 is 14.7 Å². The van der Waals surface area contributed by atoms with Crippen molar-refractivity contribution in [3.05, 3.63) is 11.6 Å². The Morgan fingerprint density at radius 3 is 2.58 bits per heavy atom. The normalized spacial score (nSPS) is 46.0. The molecule has 2 fully saturated rings. The predicted molar refractivity (Wildman–Crippen MR) is 104 cm³/mol. The molecule has 0 spiro atoms. The lowest BCUT2D eigenvalue weighted by molar-refractivity contribution is -0.133. The summed E-state index contributed by atoms with van der Waals surface area (Å²) in [6.07, 6.45) is 9.03. The van der Waals surface area contributed by atoms with E-state index in [0.29, 0.717) is 36.0 Å². The molecule has 0 amide bonds. The topological polar surface area (TPSA) is 54.4 Å². The number of aliphatic hydroxyl groups is 1. The molecular formula is C23H36O3. The fraction of sp³-hybridized carbons (Fsp3) is 0.826. The SMILES string of the molecule is C/C1=C\C(=O)CCC(C)[C@H]2CCC3(C)C(C(=O)CO)C(C)C[C@H]3C2CC1. The molecule has 3 aliphatic carbocycles. The van der Waals surface area contributed by atoms with Crippen LogP contribution in [0, 0.1) is 40.9 Å². The molecule has 0 aromatic carbocycles. The first-order valence-corrected chi connectivity index (χ1v) is 10.6. The van der Waals surface area contributed by atoms with E-state index in [1.165, 1.54) is 5.57 Å². The quantitative estimate of drug-likeness (QED) is 0.784. The smallest absolute Gasteiger partial charge is 0.162 e. The minimum Gasteiger partial charge on any atom is -0.389 e. The van der Waals surface area contributed by atoms with Crippen molar-refractivity contribution in [1.82, 2.24) is 0 Å². The first kappa shape index (κ1) is 19.8. The number of ketones is 2.